The molecule has 4 heterocycles. The quantitative estimate of drug-likeness (QED) is 0.740. The summed E-state index contributed by atoms with van der Waals surface area (Å²) in [7, 11) is 0. The minimum Gasteiger partial charge on any atom is -0.445 e. The number of piperidine rings is 2. The number of aliphatic hydroxyl groups is 1. The second-order valence-electron chi connectivity index (χ2n) is 8.07. The zero-order chi connectivity index (χ0) is 19.8. The Morgan fingerprint density at radius 1 is 1.17 bits per heavy atom. The van der Waals surface area contributed by atoms with Gasteiger partial charge in [-0.05, 0) is 24.8 Å². The molecule has 2 saturated heterocycles. The summed E-state index contributed by atoms with van der Waals surface area (Å²) >= 11 is 0. The van der Waals surface area contributed by atoms with Gasteiger partial charge >= 0.3 is 6.09 Å². The summed E-state index contributed by atoms with van der Waals surface area (Å²) in [6.45, 7) is 0.264. The number of nitrogens with zero attached hydrogens (tertiary/aromatic N) is 4. The van der Waals surface area contributed by atoms with Gasteiger partial charge in [0.1, 0.15) is 12.2 Å². The SMILES string of the molecule is O=C(OCc1ccccc1)N1C2CCCC1CC(O)(c1cnc3cnccn13)C2. The standard InChI is InChI=1S/C22H24N4O3/c27-21(29-15-16-5-2-1-3-6-16)26-17-7-4-8-18(26)12-22(28,11-17)19-13-24-20-14-23-9-10-25(19)20/h1-3,5-6,9-10,13-14,17-18,28H,4,7-8,11-12,15H2. The first kappa shape index (κ1) is 18.1. The monoisotopic (exact) mass is 392 g/mol. The third-order valence-electron chi connectivity index (χ3n) is 6.22. The first-order valence-electron chi connectivity index (χ1n) is 10.1. The molecule has 1 amide bonds. The summed E-state index contributed by atoms with van der Waals surface area (Å²) in [4.78, 5) is 23.2. The highest BCUT2D eigenvalue weighted by Gasteiger charge is 2.49. The van der Waals surface area contributed by atoms with Gasteiger partial charge < -0.3 is 14.7 Å². The van der Waals surface area contributed by atoms with Crippen molar-refractivity contribution < 1.29 is 14.6 Å². The van der Waals surface area contributed by atoms with Crippen LogP contribution in [0.5, 0.6) is 0 Å². The molecular weight excluding hydrogens is 368 g/mol. The molecule has 1 N–H and O–H groups in total. The lowest BCUT2D eigenvalue weighted by Crippen LogP contribution is -2.59. The number of fused-ring (bicyclic) bond motifs is 3. The van der Waals surface area contributed by atoms with Crippen LogP contribution >= 0.6 is 0 Å². The third-order valence-corrected chi connectivity index (χ3v) is 6.22. The molecule has 0 radical (unpaired) electrons. The van der Waals surface area contributed by atoms with E-state index in [1.807, 2.05) is 45.8 Å². The fourth-order valence-electron chi connectivity index (χ4n) is 4.92. The summed E-state index contributed by atoms with van der Waals surface area (Å²) in [5.41, 5.74) is 1.43. The number of ether oxygens (including phenoxy) is 1. The Labute approximate surface area is 169 Å². The number of benzene rings is 1. The van der Waals surface area contributed by atoms with E-state index in [2.05, 4.69) is 9.97 Å². The molecule has 1 aromatic carbocycles. The third kappa shape index (κ3) is 3.25. The van der Waals surface area contributed by atoms with Crippen molar-refractivity contribution in [1.29, 1.82) is 0 Å². The van der Waals surface area contributed by atoms with Gasteiger partial charge in [-0.3, -0.25) is 9.38 Å². The largest absolute Gasteiger partial charge is 0.445 e. The van der Waals surface area contributed by atoms with Crippen LogP contribution in [0, 0.1) is 0 Å². The second kappa shape index (κ2) is 7.15. The van der Waals surface area contributed by atoms with Crippen molar-refractivity contribution in [3.63, 3.8) is 0 Å². The van der Waals surface area contributed by atoms with Crippen molar-refractivity contribution in [1.82, 2.24) is 19.3 Å². The van der Waals surface area contributed by atoms with Gasteiger partial charge in [-0.25, -0.2) is 9.78 Å². The van der Waals surface area contributed by atoms with Gasteiger partial charge in [0.25, 0.3) is 0 Å². The van der Waals surface area contributed by atoms with E-state index in [0.717, 1.165) is 30.5 Å². The average Bonchev–Trinajstić information content (AvgIpc) is 3.17. The molecule has 2 aliphatic rings. The van der Waals surface area contributed by atoms with Crippen LogP contribution in [0.4, 0.5) is 4.79 Å². The van der Waals surface area contributed by atoms with Gasteiger partial charge in [-0.2, -0.15) is 0 Å². The normalized spacial score (nSPS) is 26.4. The fourth-order valence-corrected chi connectivity index (χ4v) is 4.92. The van der Waals surface area contributed by atoms with Gasteiger partial charge in [-0.1, -0.05) is 30.3 Å². The van der Waals surface area contributed by atoms with E-state index in [-0.39, 0.29) is 24.8 Å². The highest BCUT2D eigenvalue weighted by molar-refractivity contribution is 5.69. The highest BCUT2D eigenvalue weighted by Crippen LogP contribution is 2.44. The molecule has 5 rings (SSSR count). The fraction of sp³-hybridized carbons (Fsp3) is 0.409. The maximum Gasteiger partial charge on any atom is 0.410 e. The predicted octanol–water partition coefficient (Wildman–Crippen LogP) is 3.27. The molecule has 29 heavy (non-hydrogen) atoms. The highest BCUT2D eigenvalue weighted by atomic mass is 16.6. The molecule has 150 valence electrons. The Morgan fingerprint density at radius 3 is 2.69 bits per heavy atom. The Hall–Kier alpha value is -2.93. The first-order chi connectivity index (χ1) is 14.1. The second-order valence-corrected chi connectivity index (χ2v) is 8.07. The van der Waals surface area contributed by atoms with Crippen molar-refractivity contribution in [2.75, 3.05) is 0 Å². The van der Waals surface area contributed by atoms with Gasteiger partial charge in [0.2, 0.25) is 0 Å². The maximum atomic E-state index is 12.9. The van der Waals surface area contributed by atoms with E-state index in [4.69, 9.17) is 4.74 Å². The van der Waals surface area contributed by atoms with Gasteiger partial charge in [-0.15, -0.1) is 0 Å². The van der Waals surface area contributed by atoms with Crippen LogP contribution in [0.2, 0.25) is 0 Å². The lowest BCUT2D eigenvalue weighted by atomic mass is 9.74. The molecule has 2 aliphatic heterocycles. The van der Waals surface area contributed by atoms with Crippen LogP contribution in [0.25, 0.3) is 5.65 Å². The molecule has 2 atom stereocenters. The van der Waals surface area contributed by atoms with Crippen molar-refractivity contribution in [3.8, 4) is 0 Å². The summed E-state index contributed by atoms with van der Waals surface area (Å²) in [5, 5.41) is 11.6. The lowest BCUT2D eigenvalue weighted by molar-refractivity contribution is -0.0922. The summed E-state index contributed by atoms with van der Waals surface area (Å²) in [5.74, 6) is 0. The van der Waals surface area contributed by atoms with Crippen LogP contribution in [-0.4, -0.2) is 42.6 Å². The number of imidazole rings is 1. The number of rotatable bonds is 3. The first-order valence-corrected chi connectivity index (χ1v) is 10.1. The Balaban J connectivity index is 1.36. The van der Waals surface area contributed by atoms with E-state index in [0.29, 0.717) is 18.5 Å². The zero-order valence-corrected chi connectivity index (χ0v) is 16.1. The molecule has 2 fully saturated rings. The lowest BCUT2D eigenvalue weighted by Gasteiger charge is -2.51. The molecule has 3 aromatic rings. The molecule has 2 aromatic heterocycles. The molecule has 0 saturated carbocycles. The van der Waals surface area contributed by atoms with Crippen LogP contribution in [0.3, 0.4) is 0 Å². The van der Waals surface area contributed by atoms with Crippen LogP contribution in [0.1, 0.15) is 43.4 Å². The average molecular weight is 392 g/mol. The van der Waals surface area contributed by atoms with E-state index < -0.39 is 5.60 Å². The van der Waals surface area contributed by atoms with Gasteiger partial charge in [0.15, 0.2) is 5.65 Å². The molecule has 2 bridgehead atoms. The summed E-state index contributed by atoms with van der Waals surface area (Å²) in [6, 6.07) is 9.63. The van der Waals surface area contributed by atoms with Crippen LogP contribution < -0.4 is 0 Å². The number of hydrogen-bond donors (Lipinski definition) is 1. The summed E-state index contributed by atoms with van der Waals surface area (Å²) in [6.07, 6.45) is 10.4. The molecule has 2 unspecified atom stereocenters. The zero-order valence-electron chi connectivity index (χ0n) is 16.1. The molecule has 7 heteroatoms. The number of carbonyl (C=O) groups is 1. The van der Waals surface area contributed by atoms with Gasteiger partial charge in [0.05, 0.1) is 18.1 Å². The van der Waals surface area contributed by atoms with Crippen molar-refractivity contribution in [2.24, 2.45) is 0 Å². The van der Waals surface area contributed by atoms with E-state index in [1.54, 1.807) is 18.6 Å². The number of hydrogen-bond acceptors (Lipinski definition) is 5. The Morgan fingerprint density at radius 2 is 1.93 bits per heavy atom. The van der Waals surface area contributed by atoms with Crippen LogP contribution in [0.15, 0.2) is 55.1 Å². The minimum absolute atomic E-state index is 0.0387. The van der Waals surface area contributed by atoms with Crippen molar-refractivity contribution >= 4 is 11.7 Å². The van der Waals surface area contributed by atoms with E-state index >= 15 is 0 Å². The van der Waals surface area contributed by atoms with Gasteiger partial charge in [0, 0.05) is 37.3 Å². The molecule has 7 nitrogen and oxygen atoms in total. The predicted molar refractivity (Wildman–Crippen MR) is 106 cm³/mol. The Kier molecular flexibility index (Phi) is 4.47. The van der Waals surface area contributed by atoms with E-state index in [9.17, 15) is 9.90 Å². The number of amides is 1. The molecular formula is C22H24N4O3. The molecule has 0 aliphatic carbocycles. The van der Waals surface area contributed by atoms with Crippen molar-refractivity contribution in [3.05, 3.63) is 66.4 Å². The number of carbonyl (C=O) groups excluding carboxylic acids is 1. The maximum absolute atomic E-state index is 12.9. The Bertz CT molecular complexity index is 1010. The molecule has 0 spiro atoms. The number of aromatic nitrogens is 3. The summed E-state index contributed by atoms with van der Waals surface area (Å²) < 4.78 is 7.51. The topological polar surface area (TPSA) is 80.0 Å². The smallest absolute Gasteiger partial charge is 0.410 e. The van der Waals surface area contributed by atoms with Crippen LogP contribution in [-0.2, 0) is 16.9 Å². The van der Waals surface area contributed by atoms with Crippen molar-refractivity contribution in [2.45, 2.75) is 56.4 Å². The minimum atomic E-state index is -1.02. The van der Waals surface area contributed by atoms with E-state index in [1.165, 1.54) is 0 Å².